The summed E-state index contributed by atoms with van der Waals surface area (Å²) >= 11 is 7.59. The second-order valence-electron chi connectivity index (χ2n) is 7.19. The Bertz CT molecular complexity index is 854. The van der Waals surface area contributed by atoms with Crippen molar-refractivity contribution in [2.45, 2.75) is 46.1 Å². The molecule has 4 rings (SSSR count). The number of ether oxygens (including phenoxy) is 1. The Hall–Kier alpha value is -1.90. The van der Waals surface area contributed by atoms with Crippen molar-refractivity contribution < 1.29 is 9.53 Å². The number of rotatable bonds is 5. The average Bonchev–Trinajstić information content (AvgIpc) is 3.17. The quantitative estimate of drug-likeness (QED) is 0.666. The van der Waals surface area contributed by atoms with Crippen molar-refractivity contribution >= 4 is 39.7 Å². The van der Waals surface area contributed by atoms with Gasteiger partial charge in [-0.05, 0) is 31.8 Å². The van der Waals surface area contributed by atoms with Crippen LogP contribution in [0.3, 0.4) is 0 Å². The van der Waals surface area contributed by atoms with E-state index < -0.39 is 0 Å². The second-order valence-corrected chi connectivity index (χ2v) is 8.63. The Morgan fingerprint density at radius 2 is 2.17 bits per heavy atom. The lowest BCUT2D eigenvalue weighted by Gasteiger charge is -2.28. The zero-order valence-electron chi connectivity index (χ0n) is 17.8. The van der Waals surface area contributed by atoms with Crippen LogP contribution in [0.5, 0.6) is 5.75 Å². The second kappa shape index (κ2) is 10.9. The summed E-state index contributed by atoms with van der Waals surface area (Å²) in [4.78, 5) is 24.6. The molecule has 2 aromatic rings. The van der Waals surface area contributed by atoms with Crippen molar-refractivity contribution in [1.29, 1.82) is 0 Å². The van der Waals surface area contributed by atoms with Crippen LogP contribution < -0.4 is 20.3 Å². The summed E-state index contributed by atoms with van der Waals surface area (Å²) in [6, 6.07) is 1.91. The minimum Gasteiger partial charge on any atom is -0.493 e. The van der Waals surface area contributed by atoms with Gasteiger partial charge in [0.25, 0.3) is 0 Å². The van der Waals surface area contributed by atoms with Gasteiger partial charge < -0.3 is 20.3 Å². The Balaban J connectivity index is 0.00000124. The molecule has 0 aliphatic carbocycles. The normalized spacial score (nSPS) is 16.3. The fourth-order valence-corrected chi connectivity index (χ4v) is 4.94. The fraction of sp³-hybridized carbons (Fsp3) is 0.571. The first-order valence-corrected chi connectivity index (χ1v) is 11.8. The van der Waals surface area contributed by atoms with Gasteiger partial charge in [0.2, 0.25) is 5.91 Å². The molecule has 2 aliphatic heterocycles. The molecular weight excluding hydrogens is 422 g/mol. The van der Waals surface area contributed by atoms with Crippen molar-refractivity contribution in [2.24, 2.45) is 5.92 Å². The van der Waals surface area contributed by atoms with E-state index in [0.29, 0.717) is 28.4 Å². The number of pyridine rings is 1. The lowest BCUT2D eigenvalue weighted by molar-refractivity contribution is -0.117. The van der Waals surface area contributed by atoms with E-state index in [4.69, 9.17) is 16.3 Å². The van der Waals surface area contributed by atoms with Crippen molar-refractivity contribution in [3.05, 3.63) is 28.0 Å². The van der Waals surface area contributed by atoms with Crippen LogP contribution >= 0.6 is 22.9 Å². The lowest BCUT2D eigenvalue weighted by Crippen LogP contribution is -2.30. The van der Waals surface area contributed by atoms with Gasteiger partial charge in [0, 0.05) is 30.3 Å². The third kappa shape index (κ3) is 5.62. The summed E-state index contributed by atoms with van der Waals surface area (Å²) in [6.45, 7) is 7.59. The van der Waals surface area contributed by atoms with Crippen molar-refractivity contribution in [1.82, 2.24) is 15.3 Å². The molecule has 2 N–H and O–H groups in total. The van der Waals surface area contributed by atoms with Gasteiger partial charge in [0.05, 0.1) is 31.2 Å². The molecule has 0 radical (unpaired) electrons. The van der Waals surface area contributed by atoms with Crippen molar-refractivity contribution in [3.8, 4) is 5.75 Å². The molecule has 4 heterocycles. The van der Waals surface area contributed by atoms with Gasteiger partial charge in [0.15, 0.2) is 16.0 Å². The highest BCUT2D eigenvalue weighted by molar-refractivity contribution is 7.15. The predicted octanol–water partition coefficient (Wildman–Crippen LogP) is 4.12. The molecule has 30 heavy (non-hydrogen) atoms. The fourth-order valence-electron chi connectivity index (χ4n) is 3.72. The molecule has 0 unspecified atom stereocenters. The van der Waals surface area contributed by atoms with Gasteiger partial charge >= 0.3 is 0 Å². The highest BCUT2D eigenvalue weighted by Crippen LogP contribution is 2.33. The molecule has 0 aromatic carbocycles. The summed E-state index contributed by atoms with van der Waals surface area (Å²) in [5.74, 6) is 1.11. The minimum atomic E-state index is 0.0708. The highest BCUT2D eigenvalue weighted by Gasteiger charge is 2.23. The standard InChI is InChI=1S/C19H24ClN5O2S.C2H6/c1-27-15-9-13(10-22-18(15)20)25-7-4-14-16(11-25)28-19(23-14)24-17(26)8-12-2-5-21-6-3-12;1-2/h9-10,12,21H,2-8,11H2,1H3,(H,23,24,26);1-2H3. The maximum atomic E-state index is 12.4. The third-order valence-corrected chi connectivity index (χ3v) is 6.57. The maximum Gasteiger partial charge on any atom is 0.226 e. The SMILES string of the molecule is CC.COc1cc(N2CCc3nc(NC(=O)CC4CCNCC4)sc3C2)cnc1Cl. The van der Waals surface area contributed by atoms with E-state index in [1.54, 1.807) is 24.6 Å². The molecule has 0 atom stereocenters. The minimum absolute atomic E-state index is 0.0708. The van der Waals surface area contributed by atoms with E-state index in [9.17, 15) is 4.79 Å². The smallest absolute Gasteiger partial charge is 0.226 e. The van der Waals surface area contributed by atoms with Crippen LogP contribution in [0.2, 0.25) is 5.15 Å². The first-order valence-electron chi connectivity index (χ1n) is 10.6. The van der Waals surface area contributed by atoms with Crippen molar-refractivity contribution in [2.75, 3.05) is 37.0 Å². The number of halogens is 1. The number of piperidine rings is 1. The Morgan fingerprint density at radius 3 is 2.90 bits per heavy atom. The zero-order chi connectivity index (χ0) is 21.5. The summed E-state index contributed by atoms with van der Waals surface area (Å²) in [7, 11) is 1.59. The van der Waals surface area contributed by atoms with Gasteiger partial charge in [-0.25, -0.2) is 9.97 Å². The predicted molar refractivity (Wildman–Crippen MR) is 123 cm³/mol. The number of aromatic nitrogens is 2. The molecule has 0 saturated carbocycles. The first-order chi connectivity index (χ1) is 14.6. The Kier molecular flexibility index (Phi) is 8.30. The largest absolute Gasteiger partial charge is 0.493 e. The number of carbonyl (C=O) groups excluding carboxylic acids is 1. The Labute approximate surface area is 187 Å². The van der Waals surface area contributed by atoms with Crippen LogP contribution in [0, 0.1) is 5.92 Å². The van der Waals surface area contributed by atoms with Gasteiger partial charge in [-0.3, -0.25) is 4.79 Å². The molecule has 1 fully saturated rings. The van der Waals surface area contributed by atoms with Gasteiger partial charge in [0.1, 0.15) is 0 Å². The number of anilines is 2. The number of thiazole rings is 1. The van der Waals surface area contributed by atoms with E-state index in [1.807, 2.05) is 19.9 Å². The number of hydrogen-bond donors (Lipinski definition) is 2. The topological polar surface area (TPSA) is 79.4 Å². The summed E-state index contributed by atoms with van der Waals surface area (Å²) in [5, 5.41) is 7.41. The van der Waals surface area contributed by atoms with Crippen LogP contribution in [-0.2, 0) is 17.8 Å². The lowest BCUT2D eigenvalue weighted by atomic mass is 9.94. The summed E-state index contributed by atoms with van der Waals surface area (Å²) < 4.78 is 5.27. The molecule has 0 spiro atoms. The average molecular weight is 452 g/mol. The van der Waals surface area contributed by atoms with Gasteiger partial charge in [-0.1, -0.05) is 36.8 Å². The molecule has 1 saturated heterocycles. The zero-order valence-corrected chi connectivity index (χ0v) is 19.4. The number of fused-ring (bicyclic) bond motifs is 1. The molecule has 2 aromatic heterocycles. The number of methoxy groups -OCH3 is 1. The van der Waals surface area contributed by atoms with E-state index in [2.05, 4.69) is 25.5 Å². The highest BCUT2D eigenvalue weighted by atomic mass is 35.5. The van der Waals surface area contributed by atoms with E-state index >= 15 is 0 Å². The molecule has 164 valence electrons. The van der Waals surface area contributed by atoms with Crippen LogP contribution in [0.4, 0.5) is 10.8 Å². The number of hydrogen-bond acceptors (Lipinski definition) is 7. The number of nitrogens with zero attached hydrogens (tertiary/aromatic N) is 3. The van der Waals surface area contributed by atoms with E-state index in [1.165, 1.54) is 4.88 Å². The van der Waals surface area contributed by atoms with Gasteiger partial charge in [-0.15, -0.1) is 0 Å². The van der Waals surface area contributed by atoms with Crippen LogP contribution in [0.25, 0.3) is 0 Å². The maximum absolute atomic E-state index is 12.4. The van der Waals surface area contributed by atoms with Gasteiger partial charge in [-0.2, -0.15) is 0 Å². The number of nitrogens with one attached hydrogen (secondary N) is 2. The van der Waals surface area contributed by atoms with E-state index in [0.717, 1.165) is 56.8 Å². The number of carbonyl (C=O) groups is 1. The molecule has 1 amide bonds. The van der Waals surface area contributed by atoms with Crippen LogP contribution in [-0.4, -0.2) is 42.6 Å². The summed E-state index contributed by atoms with van der Waals surface area (Å²) in [6.07, 6.45) is 5.30. The summed E-state index contributed by atoms with van der Waals surface area (Å²) in [5.41, 5.74) is 2.05. The van der Waals surface area contributed by atoms with Crippen LogP contribution in [0.1, 0.15) is 43.7 Å². The van der Waals surface area contributed by atoms with Crippen LogP contribution in [0.15, 0.2) is 12.3 Å². The monoisotopic (exact) mass is 451 g/mol. The van der Waals surface area contributed by atoms with E-state index in [-0.39, 0.29) is 5.91 Å². The molecule has 0 bridgehead atoms. The third-order valence-electron chi connectivity index (χ3n) is 5.29. The first kappa shape index (κ1) is 22.8. The Morgan fingerprint density at radius 1 is 1.40 bits per heavy atom. The number of amides is 1. The molecular formula is C21H30ClN5O2S. The molecule has 9 heteroatoms. The van der Waals surface area contributed by atoms with Crippen molar-refractivity contribution in [3.63, 3.8) is 0 Å². The molecule has 7 nitrogen and oxygen atoms in total. The molecule has 2 aliphatic rings.